The number of Topliss-reactive ketones (excluding diaryl/α,β-unsaturated/α-hetero) is 1. The van der Waals surface area contributed by atoms with E-state index >= 15 is 0 Å². The summed E-state index contributed by atoms with van der Waals surface area (Å²) in [6.07, 6.45) is 3.26. The maximum atomic E-state index is 11.2. The summed E-state index contributed by atoms with van der Waals surface area (Å²) in [6.45, 7) is 2.11. The number of nitrogens with one attached hydrogen (secondary N) is 1. The summed E-state index contributed by atoms with van der Waals surface area (Å²) in [4.78, 5) is 11.2. The molecule has 3 nitrogen and oxygen atoms in total. The summed E-state index contributed by atoms with van der Waals surface area (Å²) in [5, 5.41) is 6.73. The van der Waals surface area contributed by atoms with Gasteiger partial charge in [0.15, 0.2) is 5.78 Å². The van der Waals surface area contributed by atoms with Gasteiger partial charge in [0.1, 0.15) is 0 Å². The molecular weight excluding hydrogens is 140 g/mol. The topological polar surface area (TPSA) is 45.8 Å². The minimum absolute atomic E-state index is 0.229. The number of hydrogen-bond donors (Lipinski definition) is 1. The number of H-pyrrole nitrogens is 1. The predicted molar refractivity (Wildman–Crippen MR) is 40.6 cm³/mol. The Morgan fingerprint density at radius 2 is 2.55 bits per heavy atom. The molecule has 0 saturated heterocycles. The van der Waals surface area contributed by atoms with E-state index in [0.29, 0.717) is 12.3 Å². The van der Waals surface area contributed by atoms with Crippen LogP contribution in [0.25, 0.3) is 0 Å². The fourth-order valence-corrected chi connectivity index (χ4v) is 1.52. The van der Waals surface area contributed by atoms with Crippen LogP contribution in [0.4, 0.5) is 0 Å². The second kappa shape index (κ2) is 2.19. The number of rotatable bonds is 0. The first-order valence-corrected chi connectivity index (χ1v) is 3.85. The summed E-state index contributed by atoms with van der Waals surface area (Å²) in [5.41, 5.74) is 1.81. The Labute approximate surface area is 64.8 Å². The van der Waals surface area contributed by atoms with Crippen molar-refractivity contribution in [1.29, 1.82) is 0 Å². The molecule has 1 aromatic heterocycles. The quantitative estimate of drug-likeness (QED) is 0.609. The fraction of sp³-hybridized carbons (Fsp3) is 0.500. The molecule has 58 valence electrons. The zero-order chi connectivity index (χ0) is 7.84. The minimum Gasteiger partial charge on any atom is -0.294 e. The third-order valence-electron chi connectivity index (χ3n) is 2.27. The monoisotopic (exact) mass is 150 g/mol. The Bertz CT molecular complexity index is 290. The Kier molecular flexibility index (Phi) is 1.31. The third kappa shape index (κ3) is 0.878. The first-order chi connectivity index (χ1) is 5.29. The van der Waals surface area contributed by atoms with Crippen LogP contribution < -0.4 is 0 Å². The Morgan fingerprint density at radius 1 is 1.73 bits per heavy atom. The van der Waals surface area contributed by atoms with Crippen LogP contribution in [0.15, 0.2) is 6.20 Å². The molecule has 1 unspecified atom stereocenters. The zero-order valence-electron chi connectivity index (χ0n) is 6.42. The van der Waals surface area contributed by atoms with Crippen LogP contribution in [-0.2, 0) is 0 Å². The number of hydrogen-bond acceptors (Lipinski definition) is 2. The molecule has 2 rings (SSSR count). The van der Waals surface area contributed by atoms with Gasteiger partial charge in [0, 0.05) is 12.1 Å². The van der Waals surface area contributed by atoms with Gasteiger partial charge in [0.05, 0.1) is 11.8 Å². The number of carbonyl (C=O) groups excluding carboxylic acids is 1. The van der Waals surface area contributed by atoms with Gasteiger partial charge in [-0.25, -0.2) is 0 Å². The predicted octanol–water partition coefficient (Wildman–Crippen LogP) is 1.49. The largest absolute Gasteiger partial charge is 0.294 e. The lowest BCUT2D eigenvalue weighted by molar-refractivity contribution is 0.0968. The lowest BCUT2D eigenvalue weighted by Crippen LogP contribution is -2.12. The van der Waals surface area contributed by atoms with Crippen LogP contribution >= 0.6 is 0 Å². The smallest absolute Gasteiger partial charge is 0.166 e. The SMILES string of the molecule is CC1CCC(=O)c2cn[nH]c21. The molecule has 0 amide bonds. The van der Waals surface area contributed by atoms with Crippen molar-refractivity contribution in [3.05, 3.63) is 17.5 Å². The standard InChI is InChI=1S/C8H10N2O/c1-5-2-3-7(11)6-4-9-10-8(5)6/h4-5H,2-3H2,1H3,(H,9,10). The normalized spacial score (nSPS) is 23.4. The van der Waals surface area contributed by atoms with E-state index in [1.54, 1.807) is 6.20 Å². The van der Waals surface area contributed by atoms with E-state index in [9.17, 15) is 4.79 Å². The number of carbonyl (C=O) groups is 1. The molecule has 1 aromatic rings. The van der Waals surface area contributed by atoms with Crippen LogP contribution in [0.1, 0.15) is 41.7 Å². The lowest BCUT2D eigenvalue weighted by atomic mass is 9.89. The molecule has 0 aromatic carbocycles. The van der Waals surface area contributed by atoms with Crippen molar-refractivity contribution in [2.45, 2.75) is 25.7 Å². The van der Waals surface area contributed by atoms with Crippen LogP contribution in [0, 0.1) is 0 Å². The van der Waals surface area contributed by atoms with E-state index < -0.39 is 0 Å². The third-order valence-corrected chi connectivity index (χ3v) is 2.27. The van der Waals surface area contributed by atoms with E-state index in [1.165, 1.54) is 0 Å². The average molecular weight is 150 g/mol. The van der Waals surface area contributed by atoms with Gasteiger partial charge in [-0.3, -0.25) is 9.89 Å². The van der Waals surface area contributed by atoms with Crippen LogP contribution in [0.5, 0.6) is 0 Å². The Balaban J connectivity index is 2.51. The molecule has 0 radical (unpaired) electrons. The van der Waals surface area contributed by atoms with Crippen molar-refractivity contribution in [2.24, 2.45) is 0 Å². The summed E-state index contributed by atoms with van der Waals surface area (Å²) in [6, 6.07) is 0. The molecule has 1 N–H and O–H groups in total. The van der Waals surface area contributed by atoms with Crippen LogP contribution in [0.2, 0.25) is 0 Å². The minimum atomic E-state index is 0.229. The fourth-order valence-electron chi connectivity index (χ4n) is 1.52. The van der Waals surface area contributed by atoms with E-state index in [2.05, 4.69) is 17.1 Å². The number of aromatic nitrogens is 2. The molecule has 3 heteroatoms. The van der Waals surface area contributed by atoms with Crippen molar-refractivity contribution in [3.63, 3.8) is 0 Å². The van der Waals surface area contributed by atoms with E-state index in [1.807, 2.05) is 0 Å². The highest BCUT2D eigenvalue weighted by Gasteiger charge is 2.23. The molecule has 0 bridgehead atoms. The second-order valence-electron chi connectivity index (χ2n) is 3.06. The molecule has 11 heavy (non-hydrogen) atoms. The number of aromatic amines is 1. The molecule has 0 saturated carbocycles. The van der Waals surface area contributed by atoms with Gasteiger partial charge in [-0.2, -0.15) is 5.10 Å². The van der Waals surface area contributed by atoms with Gasteiger partial charge >= 0.3 is 0 Å². The van der Waals surface area contributed by atoms with Crippen LogP contribution in [0.3, 0.4) is 0 Å². The van der Waals surface area contributed by atoms with Crippen molar-refractivity contribution in [3.8, 4) is 0 Å². The summed E-state index contributed by atoms with van der Waals surface area (Å²) >= 11 is 0. The zero-order valence-corrected chi connectivity index (χ0v) is 6.42. The van der Waals surface area contributed by atoms with E-state index in [0.717, 1.165) is 17.7 Å². The molecule has 0 spiro atoms. The van der Waals surface area contributed by atoms with E-state index in [4.69, 9.17) is 0 Å². The molecule has 1 heterocycles. The van der Waals surface area contributed by atoms with Gasteiger partial charge in [-0.05, 0) is 12.3 Å². The van der Waals surface area contributed by atoms with Gasteiger partial charge in [0.25, 0.3) is 0 Å². The lowest BCUT2D eigenvalue weighted by Gasteiger charge is -2.15. The van der Waals surface area contributed by atoms with Crippen molar-refractivity contribution < 1.29 is 4.79 Å². The number of ketones is 1. The molecule has 1 atom stereocenters. The molecule has 0 fully saturated rings. The summed E-state index contributed by atoms with van der Waals surface area (Å²) < 4.78 is 0. The van der Waals surface area contributed by atoms with Gasteiger partial charge in [-0.1, -0.05) is 6.92 Å². The maximum Gasteiger partial charge on any atom is 0.166 e. The van der Waals surface area contributed by atoms with E-state index in [-0.39, 0.29) is 5.78 Å². The van der Waals surface area contributed by atoms with Crippen molar-refractivity contribution >= 4 is 5.78 Å². The summed E-state index contributed by atoms with van der Waals surface area (Å²) in [7, 11) is 0. The van der Waals surface area contributed by atoms with Crippen LogP contribution in [-0.4, -0.2) is 16.0 Å². The van der Waals surface area contributed by atoms with Crippen molar-refractivity contribution in [2.75, 3.05) is 0 Å². The highest BCUT2D eigenvalue weighted by molar-refractivity contribution is 5.98. The highest BCUT2D eigenvalue weighted by Crippen LogP contribution is 2.28. The molecule has 0 aliphatic heterocycles. The van der Waals surface area contributed by atoms with Crippen molar-refractivity contribution in [1.82, 2.24) is 10.2 Å². The maximum absolute atomic E-state index is 11.2. The molecular formula is C8H10N2O. The van der Waals surface area contributed by atoms with Gasteiger partial charge in [0.2, 0.25) is 0 Å². The van der Waals surface area contributed by atoms with Gasteiger partial charge < -0.3 is 0 Å². The van der Waals surface area contributed by atoms with Gasteiger partial charge in [-0.15, -0.1) is 0 Å². The average Bonchev–Trinajstić information content (AvgIpc) is 2.45. The summed E-state index contributed by atoms with van der Waals surface area (Å²) in [5.74, 6) is 0.692. The first kappa shape index (κ1) is 6.58. The first-order valence-electron chi connectivity index (χ1n) is 3.85. The Hall–Kier alpha value is -1.12. The molecule has 1 aliphatic carbocycles. The highest BCUT2D eigenvalue weighted by atomic mass is 16.1. The number of fused-ring (bicyclic) bond motifs is 1. The number of nitrogens with zero attached hydrogens (tertiary/aromatic N) is 1. The Morgan fingerprint density at radius 3 is 3.27 bits per heavy atom. The molecule has 1 aliphatic rings. The second-order valence-corrected chi connectivity index (χ2v) is 3.06.